The summed E-state index contributed by atoms with van der Waals surface area (Å²) in [5, 5.41) is 0.459. The Morgan fingerprint density at radius 3 is 2.61 bits per heavy atom. The molecule has 0 spiro atoms. The lowest BCUT2D eigenvalue weighted by atomic mass is 9.95. The van der Waals surface area contributed by atoms with Crippen LogP contribution in [0.1, 0.15) is 29.8 Å². The molecule has 2 aromatic heterocycles. The van der Waals surface area contributed by atoms with Gasteiger partial charge in [0.2, 0.25) is 5.91 Å². The lowest BCUT2D eigenvalue weighted by molar-refractivity contribution is -0.137. The highest BCUT2D eigenvalue weighted by atomic mass is 32.2. The zero-order valence-corrected chi connectivity index (χ0v) is 16.4. The Kier molecular flexibility index (Phi) is 4.40. The van der Waals surface area contributed by atoms with Crippen LogP contribution < -0.4 is 0 Å². The van der Waals surface area contributed by atoms with Gasteiger partial charge in [-0.1, -0.05) is 13.8 Å². The van der Waals surface area contributed by atoms with E-state index in [1.54, 1.807) is 0 Å². The van der Waals surface area contributed by atoms with Gasteiger partial charge in [0.25, 0.3) is 5.91 Å². The third-order valence-electron chi connectivity index (χ3n) is 5.45. The molecule has 2 aromatic rings. The first-order valence-corrected chi connectivity index (χ1v) is 11.0. The number of pyridine rings is 1. The van der Waals surface area contributed by atoms with Crippen molar-refractivity contribution in [2.45, 2.75) is 26.4 Å². The second-order valence-corrected chi connectivity index (χ2v) is 9.91. The number of amides is 2. The Hall–Kier alpha value is -2.49. The summed E-state index contributed by atoms with van der Waals surface area (Å²) in [5.41, 5.74) is 1.07. The smallest absolute Gasteiger partial charge is 0.257 e. The molecule has 0 bridgehead atoms. The van der Waals surface area contributed by atoms with Gasteiger partial charge in [0.1, 0.15) is 17.5 Å². The molecule has 2 aliphatic rings. The number of nitrogens with one attached hydrogen (secondary N) is 1. The second-order valence-electron chi connectivity index (χ2n) is 7.61. The fourth-order valence-electron chi connectivity index (χ4n) is 3.98. The van der Waals surface area contributed by atoms with Crippen molar-refractivity contribution in [3.8, 4) is 0 Å². The van der Waals surface area contributed by atoms with E-state index in [0.29, 0.717) is 22.2 Å². The van der Waals surface area contributed by atoms with Crippen LogP contribution >= 0.6 is 0 Å². The number of halogens is 1. The molecule has 28 heavy (non-hydrogen) atoms. The summed E-state index contributed by atoms with van der Waals surface area (Å²) in [6.07, 6.45) is 2.60. The lowest BCUT2D eigenvalue weighted by Crippen LogP contribution is -2.56. The predicted octanol–water partition coefficient (Wildman–Crippen LogP) is 0.939. The second kappa shape index (κ2) is 6.54. The number of H-pyrrole nitrogens is 1. The molecule has 0 aromatic carbocycles. The standard InChI is InChI=1S/C18H21FN4O4S/c1-10(2)15(18(25)22-3-5-28(26,27)6-4-22)23-9-12-13(19)8-21-16-14(12)11(7-20-16)17(23)24/h7-8,10,15H,3-6,9H2,1-2H3,(H,20,21)/t15-/m1/s1. The summed E-state index contributed by atoms with van der Waals surface area (Å²) in [5.74, 6) is -1.58. The van der Waals surface area contributed by atoms with Gasteiger partial charge < -0.3 is 14.8 Å². The molecule has 10 heteroatoms. The first-order chi connectivity index (χ1) is 13.2. The van der Waals surface area contributed by atoms with E-state index in [2.05, 4.69) is 9.97 Å². The SMILES string of the molecule is CC(C)[C@H](C(=O)N1CCS(=O)(=O)CC1)N1Cc2c(F)cnc3[nH]cc(c23)C1=O. The van der Waals surface area contributed by atoms with Crippen LogP contribution in [0, 0.1) is 11.7 Å². The van der Waals surface area contributed by atoms with Crippen LogP contribution in [0.15, 0.2) is 12.4 Å². The monoisotopic (exact) mass is 408 g/mol. The number of hydrogen-bond acceptors (Lipinski definition) is 5. The Morgan fingerprint density at radius 2 is 1.96 bits per heavy atom. The summed E-state index contributed by atoms with van der Waals surface area (Å²) in [6.45, 7) is 3.82. The summed E-state index contributed by atoms with van der Waals surface area (Å²) >= 11 is 0. The van der Waals surface area contributed by atoms with Crippen LogP contribution in [0.5, 0.6) is 0 Å². The Balaban J connectivity index is 1.68. The molecule has 2 aliphatic heterocycles. The van der Waals surface area contributed by atoms with E-state index in [1.165, 1.54) is 16.0 Å². The largest absolute Gasteiger partial charge is 0.345 e. The number of aromatic nitrogens is 2. The fraction of sp³-hybridized carbons (Fsp3) is 0.500. The minimum atomic E-state index is -3.13. The molecule has 4 heterocycles. The lowest BCUT2D eigenvalue weighted by Gasteiger charge is -2.39. The van der Waals surface area contributed by atoms with E-state index in [1.807, 2.05) is 13.8 Å². The van der Waals surface area contributed by atoms with Gasteiger partial charge in [-0.25, -0.2) is 17.8 Å². The Labute approximate surface area is 161 Å². The van der Waals surface area contributed by atoms with E-state index >= 15 is 0 Å². The van der Waals surface area contributed by atoms with Gasteiger partial charge in [0.15, 0.2) is 9.84 Å². The van der Waals surface area contributed by atoms with Gasteiger partial charge in [-0.2, -0.15) is 0 Å². The van der Waals surface area contributed by atoms with Crippen molar-refractivity contribution in [1.82, 2.24) is 19.8 Å². The van der Waals surface area contributed by atoms with Gasteiger partial charge in [0, 0.05) is 30.2 Å². The van der Waals surface area contributed by atoms with Crippen molar-refractivity contribution < 1.29 is 22.4 Å². The highest BCUT2D eigenvalue weighted by molar-refractivity contribution is 7.91. The van der Waals surface area contributed by atoms with Gasteiger partial charge in [-0.15, -0.1) is 0 Å². The molecule has 2 amide bonds. The van der Waals surface area contributed by atoms with Crippen molar-refractivity contribution in [1.29, 1.82) is 0 Å². The van der Waals surface area contributed by atoms with Crippen LogP contribution in [0.2, 0.25) is 0 Å². The molecule has 1 atom stereocenters. The van der Waals surface area contributed by atoms with Gasteiger partial charge in [-0.05, 0) is 5.92 Å². The molecular weight excluding hydrogens is 387 g/mol. The highest BCUT2D eigenvalue weighted by Crippen LogP contribution is 2.33. The molecule has 150 valence electrons. The third kappa shape index (κ3) is 2.95. The van der Waals surface area contributed by atoms with Crippen LogP contribution in [0.4, 0.5) is 4.39 Å². The van der Waals surface area contributed by atoms with Gasteiger partial charge in [-0.3, -0.25) is 9.59 Å². The number of carbonyl (C=O) groups is 2. The minimum Gasteiger partial charge on any atom is -0.345 e. The first kappa shape index (κ1) is 18.9. The summed E-state index contributed by atoms with van der Waals surface area (Å²) in [7, 11) is -3.13. The van der Waals surface area contributed by atoms with Crippen molar-refractivity contribution in [3.05, 3.63) is 29.3 Å². The molecule has 4 rings (SSSR count). The predicted molar refractivity (Wildman–Crippen MR) is 99.8 cm³/mol. The fourth-order valence-corrected chi connectivity index (χ4v) is 5.18. The van der Waals surface area contributed by atoms with Crippen LogP contribution in [0.25, 0.3) is 11.0 Å². The van der Waals surface area contributed by atoms with Gasteiger partial charge in [0.05, 0.1) is 29.8 Å². The van der Waals surface area contributed by atoms with Crippen molar-refractivity contribution in [2.75, 3.05) is 24.6 Å². The van der Waals surface area contributed by atoms with E-state index in [-0.39, 0.29) is 48.9 Å². The Morgan fingerprint density at radius 1 is 1.29 bits per heavy atom. The number of aromatic amines is 1. The number of nitrogens with zero attached hydrogens (tertiary/aromatic N) is 3. The van der Waals surface area contributed by atoms with Crippen LogP contribution in [0.3, 0.4) is 0 Å². The molecular formula is C18H21FN4O4S. The number of sulfone groups is 1. The molecule has 0 aliphatic carbocycles. The zero-order valence-electron chi connectivity index (χ0n) is 15.6. The maximum Gasteiger partial charge on any atom is 0.257 e. The van der Waals surface area contributed by atoms with Crippen LogP contribution in [-0.4, -0.2) is 70.6 Å². The average Bonchev–Trinajstić information content (AvgIpc) is 3.06. The molecule has 1 fully saturated rings. The van der Waals surface area contributed by atoms with Crippen molar-refractivity contribution in [3.63, 3.8) is 0 Å². The number of carbonyl (C=O) groups excluding carboxylic acids is 2. The quantitative estimate of drug-likeness (QED) is 0.814. The van der Waals surface area contributed by atoms with E-state index < -0.39 is 21.7 Å². The van der Waals surface area contributed by atoms with E-state index in [4.69, 9.17) is 0 Å². The zero-order chi connectivity index (χ0) is 20.2. The van der Waals surface area contributed by atoms with E-state index in [0.717, 1.165) is 6.20 Å². The summed E-state index contributed by atoms with van der Waals surface area (Å²) in [4.78, 5) is 36.0. The molecule has 0 unspecified atom stereocenters. The topological polar surface area (TPSA) is 103 Å². The molecule has 8 nitrogen and oxygen atoms in total. The maximum atomic E-state index is 14.4. The molecule has 1 N–H and O–H groups in total. The molecule has 0 saturated carbocycles. The maximum absolute atomic E-state index is 14.4. The third-order valence-corrected chi connectivity index (χ3v) is 7.06. The van der Waals surface area contributed by atoms with Crippen molar-refractivity contribution in [2.24, 2.45) is 5.92 Å². The average molecular weight is 408 g/mol. The van der Waals surface area contributed by atoms with Crippen LogP contribution in [-0.2, 0) is 21.2 Å². The van der Waals surface area contributed by atoms with Gasteiger partial charge >= 0.3 is 0 Å². The minimum absolute atomic E-state index is 0.0325. The summed E-state index contributed by atoms with van der Waals surface area (Å²) in [6, 6.07) is -0.807. The normalized spacial score (nSPS) is 20.1. The Bertz CT molecular complexity index is 1060. The summed E-state index contributed by atoms with van der Waals surface area (Å²) < 4.78 is 37.8. The van der Waals surface area contributed by atoms with Crippen molar-refractivity contribution >= 4 is 32.7 Å². The molecule has 1 saturated heterocycles. The van der Waals surface area contributed by atoms with E-state index in [9.17, 15) is 22.4 Å². The highest BCUT2D eigenvalue weighted by Gasteiger charge is 2.41. The molecule has 0 radical (unpaired) electrons. The first-order valence-electron chi connectivity index (χ1n) is 9.14. The number of rotatable bonds is 3. The number of hydrogen-bond donors (Lipinski definition) is 1.